The van der Waals surface area contributed by atoms with E-state index < -0.39 is 17.7 Å². The molecule has 7 nitrogen and oxygen atoms in total. The van der Waals surface area contributed by atoms with Gasteiger partial charge in [0.25, 0.3) is 0 Å². The van der Waals surface area contributed by atoms with Gasteiger partial charge in [-0.05, 0) is 20.8 Å². The minimum Gasteiger partial charge on any atom is -0.480 e. The second-order valence-corrected chi connectivity index (χ2v) is 5.43. The number of nitrogens with zero attached hydrogens (tertiary/aromatic N) is 2. The molecule has 0 aromatic rings. The lowest BCUT2D eigenvalue weighted by Crippen LogP contribution is -2.40. The zero-order valence-electron chi connectivity index (χ0n) is 11.5. The number of carboxylic acids is 1. The van der Waals surface area contributed by atoms with Crippen molar-refractivity contribution in [1.82, 2.24) is 9.80 Å². The van der Waals surface area contributed by atoms with Gasteiger partial charge in [0, 0.05) is 26.1 Å². The number of carbonyl (C=O) groups excluding carboxylic acids is 2. The van der Waals surface area contributed by atoms with Crippen LogP contribution in [-0.2, 0) is 14.3 Å². The van der Waals surface area contributed by atoms with Crippen LogP contribution in [0.5, 0.6) is 0 Å². The van der Waals surface area contributed by atoms with Crippen molar-refractivity contribution in [1.29, 1.82) is 0 Å². The van der Waals surface area contributed by atoms with Gasteiger partial charge in [-0.1, -0.05) is 0 Å². The van der Waals surface area contributed by atoms with Gasteiger partial charge in [0.05, 0.1) is 0 Å². The van der Waals surface area contributed by atoms with Crippen LogP contribution in [0.25, 0.3) is 0 Å². The fraction of sp³-hybridized carbons (Fsp3) is 0.750. The van der Waals surface area contributed by atoms with Gasteiger partial charge in [0.15, 0.2) is 0 Å². The highest BCUT2D eigenvalue weighted by molar-refractivity contribution is 5.82. The van der Waals surface area contributed by atoms with Gasteiger partial charge >= 0.3 is 12.1 Å². The van der Waals surface area contributed by atoms with Crippen molar-refractivity contribution in [3.05, 3.63) is 0 Å². The van der Waals surface area contributed by atoms with Gasteiger partial charge in [-0.25, -0.2) is 4.79 Å². The lowest BCUT2D eigenvalue weighted by Gasteiger charge is -2.26. The molecule has 1 aliphatic rings. The molecule has 0 radical (unpaired) electrons. The Morgan fingerprint density at radius 3 is 2.42 bits per heavy atom. The summed E-state index contributed by atoms with van der Waals surface area (Å²) in [5.41, 5.74) is -0.589. The molecule has 0 aromatic carbocycles. The summed E-state index contributed by atoms with van der Waals surface area (Å²) in [5, 5.41) is 8.70. The molecule has 0 aliphatic carbocycles. The second kappa shape index (κ2) is 5.90. The summed E-state index contributed by atoms with van der Waals surface area (Å²) in [6.07, 6.45) is -0.357. The fourth-order valence-corrected chi connectivity index (χ4v) is 1.71. The summed E-state index contributed by atoms with van der Waals surface area (Å²) >= 11 is 0. The Morgan fingerprint density at radius 2 is 1.89 bits per heavy atom. The number of carbonyl (C=O) groups is 3. The molecule has 0 aromatic heterocycles. The van der Waals surface area contributed by atoms with Crippen LogP contribution in [0.2, 0.25) is 0 Å². The van der Waals surface area contributed by atoms with E-state index in [0.717, 1.165) is 0 Å². The molecule has 1 N–H and O–H groups in total. The average Bonchev–Trinajstić information content (AvgIpc) is 2.39. The van der Waals surface area contributed by atoms with Gasteiger partial charge in [0.1, 0.15) is 12.1 Å². The third kappa shape index (κ3) is 5.15. The molecule has 19 heavy (non-hydrogen) atoms. The first-order valence-corrected chi connectivity index (χ1v) is 6.16. The van der Waals surface area contributed by atoms with Crippen LogP contribution in [-0.4, -0.2) is 64.7 Å². The van der Waals surface area contributed by atoms with Crippen LogP contribution in [0.3, 0.4) is 0 Å². The number of hydrogen-bond donors (Lipinski definition) is 1. The largest absolute Gasteiger partial charge is 0.480 e. The van der Waals surface area contributed by atoms with Crippen molar-refractivity contribution in [3.8, 4) is 0 Å². The molecular formula is C12H20N2O5. The summed E-state index contributed by atoms with van der Waals surface area (Å²) in [6.45, 7) is 5.73. The lowest BCUT2D eigenvalue weighted by molar-refractivity contribution is -0.144. The summed E-state index contributed by atoms with van der Waals surface area (Å²) in [5.74, 6) is -1.31. The molecule has 108 valence electrons. The lowest BCUT2D eigenvalue weighted by atomic mass is 10.2. The smallest absolute Gasteiger partial charge is 0.410 e. The van der Waals surface area contributed by atoms with Crippen molar-refractivity contribution in [2.45, 2.75) is 32.8 Å². The van der Waals surface area contributed by atoms with E-state index in [1.807, 2.05) is 0 Å². The average molecular weight is 272 g/mol. The zero-order valence-corrected chi connectivity index (χ0v) is 11.5. The SMILES string of the molecule is CC(C)(C)OC(=O)N1CCC(=O)N(CC(=O)O)CC1. The van der Waals surface area contributed by atoms with Gasteiger partial charge in [-0.15, -0.1) is 0 Å². The first-order chi connectivity index (χ1) is 8.69. The topological polar surface area (TPSA) is 87.2 Å². The van der Waals surface area contributed by atoms with E-state index in [9.17, 15) is 14.4 Å². The number of rotatable bonds is 2. The minimum atomic E-state index is -1.06. The van der Waals surface area contributed by atoms with Gasteiger partial charge in [-0.3, -0.25) is 9.59 Å². The van der Waals surface area contributed by atoms with Crippen molar-refractivity contribution in [2.24, 2.45) is 0 Å². The molecule has 1 rings (SSSR count). The van der Waals surface area contributed by atoms with Gasteiger partial charge < -0.3 is 19.6 Å². The van der Waals surface area contributed by atoms with Crippen LogP contribution in [0.1, 0.15) is 27.2 Å². The van der Waals surface area contributed by atoms with E-state index in [4.69, 9.17) is 9.84 Å². The van der Waals surface area contributed by atoms with Gasteiger partial charge in [0.2, 0.25) is 5.91 Å². The number of hydrogen-bond acceptors (Lipinski definition) is 4. The Labute approximate surface area is 112 Å². The molecular weight excluding hydrogens is 252 g/mol. The van der Waals surface area contributed by atoms with E-state index in [1.165, 1.54) is 9.80 Å². The van der Waals surface area contributed by atoms with Crippen LogP contribution in [0.4, 0.5) is 4.79 Å². The third-order valence-electron chi connectivity index (χ3n) is 2.57. The highest BCUT2D eigenvalue weighted by atomic mass is 16.6. The fourth-order valence-electron chi connectivity index (χ4n) is 1.71. The van der Waals surface area contributed by atoms with Crippen molar-refractivity contribution in [2.75, 3.05) is 26.2 Å². The van der Waals surface area contributed by atoms with Crippen LogP contribution in [0.15, 0.2) is 0 Å². The maximum Gasteiger partial charge on any atom is 0.410 e. The maximum absolute atomic E-state index is 11.9. The molecule has 0 unspecified atom stereocenters. The monoisotopic (exact) mass is 272 g/mol. The standard InChI is InChI=1S/C12H20N2O5/c1-12(2,3)19-11(18)13-5-4-9(15)14(7-6-13)8-10(16)17/h4-8H2,1-3H3,(H,16,17). The van der Waals surface area contributed by atoms with Crippen LogP contribution in [0, 0.1) is 0 Å². The quantitative estimate of drug-likeness (QED) is 0.792. The first kappa shape index (κ1) is 15.3. The van der Waals surface area contributed by atoms with E-state index in [-0.39, 0.29) is 38.5 Å². The molecule has 2 amide bonds. The second-order valence-electron chi connectivity index (χ2n) is 5.43. The summed E-state index contributed by atoms with van der Waals surface area (Å²) in [6, 6.07) is 0. The Balaban J connectivity index is 2.60. The van der Waals surface area contributed by atoms with E-state index >= 15 is 0 Å². The number of amides is 2. The predicted molar refractivity (Wildman–Crippen MR) is 66.6 cm³/mol. The molecule has 0 atom stereocenters. The number of ether oxygens (including phenoxy) is 1. The Bertz CT molecular complexity index is 375. The van der Waals surface area contributed by atoms with E-state index in [0.29, 0.717) is 0 Å². The summed E-state index contributed by atoms with van der Waals surface area (Å²) < 4.78 is 5.23. The predicted octanol–water partition coefficient (Wildman–Crippen LogP) is 0.540. The van der Waals surface area contributed by atoms with E-state index in [2.05, 4.69) is 0 Å². The summed E-state index contributed by atoms with van der Waals surface area (Å²) in [7, 11) is 0. The molecule has 1 saturated heterocycles. The third-order valence-corrected chi connectivity index (χ3v) is 2.57. The molecule has 0 bridgehead atoms. The van der Waals surface area contributed by atoms with Crippen LogP contribution >= 0.6 is 0 Å². The molecule has 1 aliphatic heterocycles. The van der Waals surface area contributed by atoms with Crippen molar-refractivity contribution >= 4 is 18.0 Å². The Morgan fingerprint density at radius 1 is 1.26 bits per heavy atom. The first-order valence-electron chi connectivity index (χ1n) is 6.16. The zero-order chi connectivity index (χ0) is 14.6. The van der Waals surface area contributed by atoms with Crippen LogP contribution < -0.4 is 0 Å². The maximum atomic E-state index is 11.9. The highest BCUT2D eigenvalue weighted by Crippen LogP contribution is 2.12. The number of aliphatic carboxylic acids is 1. The van der Waals surface area contributed by atoms with Gasteiger partial charge in [-0.2, -0.15) is 0 Å². The van der Waals surface area contributed by atoms with E-state index in [1.54, 1.807) is 20.8 Å². The van der Waals surface area contributed by atoms with Crippen molar-refractivity contribution < 1.29 is 24.2 Å². The highest BCUT2D eigenvalue weighted by Gasteiger charge is 2.27. The van der Waals surface area contributed by atoms with Crippen molar-refractivity contribution in [3.63, 3.8) is 0 Å². The Hall–Kier alpha value is -1.79. The Kier molecular flexibility index (Phi) is 4.74. The molecule has 0 spiro atoms. The summed E-state index contributed by atoms with van der Waals surface area (Å²) in [4.78, 5) is 36.9. The normalized spacial score (nSPS) is 17.1. The molecule has 1 heterocycles. The number of carboxylic acid groups (broad SMARTS) is 1. The minimum absolute atomic E-state index is 0.118. The molecule has 1 fully saturated rings. The molecule has 0 saturated carbocycles. The molecule has 7 heteroatoms.